The summed E-state index contributed by atoms with van der Waals surface area (Å²) in [5, 5.41) is 0. The van der Waals surface area contributed by atoms with Gasteiger partial charge in [-0.1, -0.05) is 0 Å². The second-order valence-electron chi connectivity index (χ2n) is 5.19. The third-order valence-electron chi connectivity index (χ3n) is 3.79. The summed E-state index contributed by atoms with van der Waals surface area (Å²) < 4.78 is 16.2. The van der Waals surface area contributed by atoms with E-state index in [0.29, 0.717) is 5.56 Å². The number of halogens is 1. The van der Waals surface area contributed by atoms with Crippen LogP contribution in [0.1, 0.15) is 18.1 Å². The molecular formula is C19H17FOSe. The molecule has 0 fully saturated rings. The van der Waals surface area contributed by atoms with Gasteiger partial charge in [-0.2, -0.15) is 0 Å². The zero-order valence-corrected chi connectivity index (χ0v) is 14.4. The van der Waals surface area contributed by atoms with Crippen LogP contribution in [0.15, 0.2) is 59.1 Å². The van der Waals surface area contributed by atoms with Gasteiger partial charge in [0, 0.05) is 0 Å². The van der Waals surface area contributed by atoms with Crippen LogP contribution >= 0.6 is 0 Å². The summed E-state index contributed by atoms with van der Waals surface area (Å²) in [4.78, 5) is 10.8. The fourth-order valence-electron chi connectivity index (χ4n) is 2.48. The van der Waals surface area contributed by atoms with Crippen LogP contribution in [0.25, 0.3) is 15.6 Å². The van der Waals surface area contributed by atoms with Gasteiger partial charge in [0.25, 0.3) is 0 Å². The predicted molar refractivity (Wildman–Crippen MR) is 91.9 cm³/mol. The summed E-state index contributed by atoms with van der Waals surface area (Å²) in [5.74, 6) is -0.215. The first-order valence-electron chi connectivity index (χ1n) is 7.24. The average Bonchev–Trinajstić information content (AvgIpc) is 3.03. The summed E-state index contributed by atoms with van der Waals surface area (Å²) in [6.45, 7) is 2.11. The molecule has 0 aromatic heterocycles. The molecule has 0 radical (unpaired) electrons. The summed E-state index contributed by atoms with van der Waals surface area (Å²) in [6, 6.07) is 13.6. The Morgan fingerprint density at radius 2 is 1.77 bits per heavy atom. The first-order valence-corrected chi connectivity index (χ1v) is 9.34. The van der Waals surface area contributed by atoms with Gasteiger partial charge >= 0.3 is 135 Å². The molecule has 0 unspecified atom stereocenters. The summed E-state index contributed by atoms with van der Waals surface area (Å²) >= 11 is -0.686. The fourth-order valence-corrected chi connectivity index (χ4v) is 4.67. The molecule has 3 heteroatoms. The van der Waals surface area contributed by atoms with Crippen LogP contribution in [-0.4, -0.2) is 21.2 Å². The van der Waals surface area contributed by atoms with Crippen molar-refractivity contribution in [1.29, 1.82) is 0 Å². The SMILES string of the molecule is CCc1ccc(-c2ccc(C3=CC=C(C=O)[SeH2]3)c(F)c2)cc1. The Morgan fingerprint density at radius 3 is 2.36 bits per heavy atom. The van der Waals surface area contributed by atoms with E-state index in [1.807, 2.05) is 30.3 Å². The van der Waals surface area contributed by atoms with Gasteiger partial charge in [-0.3, -0.25) is 0 Å². The average molecular weight is 359 g/mol. The summed E-state index contributed by atoms with van der Waals surface area (Å²) in [6.07, 6.45) is 5.56. The van der Waals surface area contributed by atoms with Crippen LogP contribution in [0.4, 0.5) is 4.39 Å². The Morgan fingerprint density at radius 1 is 1.05 bits per heavy atom. The number of carbonyl (C=O) groups excluding carboxylic acids is 1. The van der Waals surface area contributed by atoms with Crippen LogP contribution in [0, 0.1) is 5.82 Å². The third-order valence-corrected chi connectivity index (χ3v) is 6.47. The first-order chi connectivity index (χ1) is 10.7. The molecule has 22 heavy (non-hydrogen) atoms. The number of carbonyl (C=O) groups is 1. The van der Waals surface area contributed by atoms with Crippen LogP contribution in [0.5, 0.6) is 0 Å². The molecule has 0 atom stereocenters. The van der Waals surface area contributed by atoms with Crippen LogP contribution in [-0.2, 0) is 11.2 Å². The van der Waals surface area contributed by atoms with E-state index in [2.05, 4.69) is 19.1 Å². The van der Waals surface area contributed by atoms with E-state index in [1.54, 1.807) is 12.1 Å². The van der Waals surface area contributed by atoms with Crippen LogP contribution < -0.4 is 0 Å². The van der Waals surface area contributed by atoms with E-state index in [0.717, 1.165) is 32.8 Å². The molecule has 0 saturated carbocycles. The van der Waals surface area contributed by atoms with Crippen LogP contribution in [0.3, 0.4) is 0 Å². The number of benzene rings is 2. The van der Waals surface area contributed by atoms with Crippen molar-refractivity contribution in [3.8, 4) is 11.1 Å². The number of aldehydes is 1. The van der Waals surface area contributed by atoms with Crippen molar-refractivity contribution in [2.45, 2.75) is 13.3 Å². The molecule has 0 spiro atoms. The molecular weight excluding hydrogens is 342 g/mol. The molecule has 0 aliphatic carbocycles. The van der Waals surface area contributed by atoms with E-state index in [1.165, 1.54) is 5.56 Å². The van der Waals surface area contributed by atoms with Gasteiger partial charge in [-0.05, 0) is 0 Å². The minimum atomic E-state index is -0.686. The normalized spacial score (nSPS) is 15.5. The van der Waals surface area contributed by atoms with Crippen molar-refractivity contribution in [2.75, 3.05) is 0 Å². The standard InChI is InChI=1S/C19H17FOSe/c1-2-13-3-5-14(6-4-13)15-7-9-17(18(20)11-15)19-10-8-16(12-21)22-19/h3-12H,2,22H2,1H3. The maximum atomic E-state index is 14.4. The molecule has 0 bridgehead atoms. The molecule has 1 aliphatic heterocycles. The van der Waals surface area contributed by atoms with E-state index in [9.17, 15) is 9.18 Å². The zero-order chi connectivity index (χ0) is 15.5. The van der Waals surface area contributed by atoms with E-state index < -0.39 is 15.0 Å². The van der Waals surface area contributed by atoms with Gasteiger partial charge in [-0.25, -0.2) is 0 Å². The predicted octanol–water partition coefficient (Wildman–Crippen LogP) is 3.66. The molecule has 1 aliphatic rings. The monoisotopic (exact) mass is 360 g/mol. The van der Waals surface area contributed by atoms with Gasteiger partial charge in [-0.15, -0.1) is 0 Å². The number of allylic oxidation sites excluding steroid dienone is 3. The fraction of sp³-hybridized carbons (Fsp3) is 0.105. The number of hydrogen-bond acceptors (Lipinski definition) is 1. The molecule has 112 valence electrons. The number of hydrogen-bond donors (Lipinski definition) is 0. The molecule has 3 rings (SSSR count). The van der Waals surface area contributed by atoms with Gasteiger partial charge < -0.3 is 0 Å². The summed E-state index contributed by atoms with van der Waals surface area (Å²) in [7, 11) is 0. The Labute approximate surface area is 135 Å². The molecule has 0 N–H and O–H groups in total. The second-order valence-corrected chi connectivity index (χ2v) is 8.06. The van der Waals surface area contributed by atoms with Crippen molar-refractivity contribution in [1.82, 2.24) is 0 Å². The number of rotatable bonds is 4. The van der Waals surface area contributed by atoms with Gasteiger partial charge in [0.1, 0.15) is 0 Å². The van der Waals surface area contributed by atoms with Crippen molar-refractivity contribution in [2.24, 2.45) is 0 Å². The van der Waals surface area contributed by atoms with E-state index >= 15 is 0 Å². The second kappa shape index (κ2) is 6.43. The van der Waals surface area contributed by atoms with Crippen molar-refractivity contribution < 1.29 is 9.18 Å². The molecule has 2 aromatic rings. The zero-order valence-electron chi connectivity index (χ0n) is 12.3. The Bertz CT molecular complexity index is 773. The summed E-state index contributed by atoms with van der Waals surface area (Å²) in [5.41, 5.74) is 3.80. The quantitative estimate of drug-likeness (QED) is 0.602. The Kier molecular flexibility index (Phi) is 4.37. The van der Waals surface area contributed by atoms with Crippen molar-refractivity contribution in [3.05, 3.63) is 76.0 Å². The molecule has 2 aromatic carbocycles. The Balaban J connectivity index is 1.87. The molecule has 0 saturated heterocycles. The van der Waals surface area contributed by atoms with Crippen molar-refractivity contribution >= 4 is 25.7 Å². The van der Waals surface area contributed by atoms with Gasteiger partial charge in [0.05, 0.1) is 0 Å². The molecule has 1 heterocycles. The van der Waals surface area contributed by atoms with E-state index in [-0.39, 0.29) is 5.82 Å². The number of aryl methyl sites for hydroxylation is 1. The van der Waals surface area contributed by atoms with E-state index in [4.69, 9.17) is 0 Å². The minimum absolute atomic E-state index is 0.215. The third kappa shape index (κ3) is 2.96. The first kappa shape index (κ1) is 15.0. The topological polar surface area (TPSA) is 17.1 Å². The maximum absolute atomic E-state index is 14.4. The molecule has 1 nitrogen and oxygen atoms in total. The van der Waals surface area contributed by atoms with Gasteiger partial charge in [0.2, 0.25) is 0 Å². The van der Waals surface area contributed by atoms with Gasteiger partial charge in [0.15, 0.2) is 0 Å². The van der Waals surface area contributed by atoms with Crippen LogP contribution in [0.2, 0.25) is 0 Å². The van der Waals surface area contributed by atoms with Crippen molar-refractivity contribution in [3.63, 3.8) is 0 Å². The molecule has 0 amide bonds. The Hall–Kier alpha value is -1.96.